The van der Waals surface area contributed by atoms with Crippen molar-refractivity contribution in [3.05, 3.63) is 63.9 Å². The molecule has 8 rings (SSSR count). The van der Waals surface area contributed by atoms with Gasteiger partial charge in [-0.05, 0) is 44.0 Å². The van der Waals surface area contributed by atoms with Crippen molar-refractivity contribution in [3.8, 4) is 5.00 Å². The topological polar surface area (TPSA) is 498 Å². The molecule has 0 aliphatic carbocycles. The van der Waals surface area contributed by atoms with Gasteiger partial charge in [0.2, 0.25) is 0 Å². The van der Waals surface area contributed by atoms with Crippen LogP contribution in [-0.2, 0) is 66.8 Å². The van der Waals surface area contributed by atoms with Gasteiger partial charge >= 0.3 is 417 Å². The van der Waals surface area contributed by atoms with Crippen molar-refractivity contribution < 1.29 is 87.0 Å². The number of amides is 7. The third-order valence-electron chi connectivity index (χ3n) is 20.8. The summed E-state index contributed by atoms with van der Waals surface area (Å²) in [5, 5.41) is 45.5. The van der Waals surface area contributed by atoms with Crippen molar-refractivity contribution in [2.24, 2.45) is 94.7 Å². The van der Waals surface area contributed by atoms with Crippen molar-refractivity contribution in [3.63, 3.8) is 0 Å². The van der Waals surface area contributed by atoms with Crippen LogP contribution in [0.3, 0.4) is 0 Å². The molecule has 29 nitrogen and oxygen atoms in total. The molecule has 0 saturated carbocycles. The Hall–Kier alpha value is -7.04. The number of benzene rings is 1. The number of allylic oxidation sites excluding steroid dienone is 6. The van der Waals surface area contributed by atoms with Gasteiger partial charge in [-0.15, -0.1) is 0 Å². The molecule has 0 spiro atoms. The van der Waals surface area contributed by atoms with Gasteiger partial charge in [0, 0.05) is 6.61 Å². The van der Waals surface area contributed by atoms with Crippen LogP contribution in [0.4, 0.5) is 0 Å². The van der Waals surface area contributed by atoms with E-state index in [1.165, 1.54) is 17.8 Å². The average molecular weight is 1400 g/mol. The average Bonchev–Trinajstić information content (AvgIpc) is 1.51. The molecule has 7 heterocycles. The minimum absolute atomic E-state index is 0.0111. The van der Waals surface area contributed by atoms with Crippen LogP contribution >= 0.6 is 7.82 Å². The number of ether oxygens (including phenoxy) is 1. The fourth-order valence-electron chi connectivity index (χ4n) is 15.7. The minimum Gasteiger partial charge on any atom is -0.397 e. The van der Waals surface area contributed by atoms with Gasteiger partial charge in [-0.1, -0.05) is 0 Å². The van der Waals surface area contributed by atoms with Crippen LogP contribution in [0.15, 0.2) is 67.8 Å². The zero-order valence-electron chi connectivity index (χ0n) is 56.6. The summed E-state index contributed by atoms with van der Waals surface area (Å²) in [6, 6.07) is 2.56. The summed E-state index contributed by atoms with van der Waals surface area (Å²) in [4.78, 5) is 129. The predicted octanol–water partition coefficient (Wildman–Crippen LogP) is 2.72. The zero-order chi connectivity index (χ0) is 71.7. The number of nitriles is 1. The molecule has 8 bridgehead atoms. The fourth-order valence-corrected chi connectivity index (χ4v) is 18.0. The number of aliphatic hydroxyl groups is 3. The van der Waals surface area contributed by atoms with E-state index in [-0.39, 0.29) is 98.7 Å². The van der Waals surface area contributed by atoms with Crippen LogP contribution in [0.1, 0.15) is 157 Å². The van der Waals surface area contributed by atoms with Gasteiger partial charge in [-0.25, -0.2) is 4.98 Å². The van der Waals surface area contributed by atoms with Gasteiger partial charge in [0.1, 0.15) is 18.3 Å². The zero-order valence-corrected chi connectivity index (χ0v) is 58.5. The number of hydrogen-bond acceptors (Lipinski definition) is 21. The first-order valence-corrected chi connectivity index (χ1v) is 34.5. The standard InChI is InChI=1S/C62H90N13O14P.C2H6O.CN.Co/c1-29-20-39-40(21-30(29)2)75(28-70-39)57-52(84)53(41(27-76)87-57)89-90(85,86)88-31(3)26-69-49(83)18-19-59(8)37(22-46(66)80)56-62(11)61(10,25-48(68)82)36(14-17-45(65)79)51(74-62)33(5)55-60(9,24-47(67)81)34(12-15-43(63)77)38(71-55)23-42-58(6,7)35(13-16-44(64)78)50(72-42)32(4)54(59)73-56;1-2-3;1-2;/h20-21,23,28,31,34-37,41,52-53,56-57,76,84H,12-19,22,24-27H2,1-11H3,(H15,63,64,65,66,67,68,69,71,72,73,74,77,78,79,80,81,82,83,85,86);3H,2H2,1H3;;/q;;;+2/p-2/t31?,34-,35-,36-,37+,41-,52-,53-,56-,57+,59-,60+,61+,62+;;;/m1.../s1. The number of nitrogens with one attached hydrogen (secondary N) is 1. The summed E-state index contributed by atoms with van der Waals surface area (Å²) in [5.41, 5.74) is 36.3. The van der Waals surface area contributed by atoms with Gasteiger partial charge < -0.3 is 34.0 Å². The molecule has 2 fully saturated rings. The summed E-state index contributed by atoms with van der Waals surface area (Å²) in [5.74, 6) is -7.88. The van der Waals surface area contributed by atoms with E-state index in [2.05, 4.69) is 15.3 Å². The summed E-state index contributed by atoms with van der Waals surface area (Å²) < 4.78 is 33.7. The van der Waals surface area contributed by atoms with E-state index in [4.69, 9.17) is 68.3 Å². The van der Waals surface area contributed by atoms with E-state index in [1.807, 2.05) is 53.7 Å². The monoisotopic (exact) mass is 1400 g/mol. The molecular formula is C65H94CoN14O15P. The number of phosphoric ester groups is 1. The van der Waals surface area contributed by atoms with Crippen LogP contribution < -0.4 is 44.6 Å². The first kappa shape index (κ1) is 76.3. The second kappa shape index (κ2) is 29.6. The van der Waals surface area contributed by atoms with Crippen LogP contribution in [0.25, 0.3) is 11.0 Å². The number of carbonyl (C=O) groups excluding carboxylic acids is 7. The molecular weight excluding hydrogens is 1310 g/mol. The molecule has 2 aromatic rings. The number of rotatable bonds is 27. The predicted molar refractivity (Wildman–Crippen MR) is 348 cm³/mol. The number of aryl methyl sites for hydroxylation is 2. The Balaban J connectivity index is 0.00000425. The van der Waals surface area contributed by atoms with Gasteiger partial charge in [0.15, 0.2) is 6.23 Å². The smallest absolute Gasteiger partial charge is 0.397 e. The summed E-state index contributed by atoms with van der Waals surface area (Å²) in [6.45, 7) is 20.7. The molecule has 1 aromatic carbocycles. The summed E-state index contributed by atoms with van der Waals surface area (Å²) in [6.07, 6.45) is -5.38. The first-order valence-electron chi connectivity index (χ1n) is 32.1. The Bertz CT molecular complexity index is 3730. The van der Waals surface area contributed by atoms with Crippen molar-refractivity contribution in [2.75, 3.05) is 19.8 Å². The quantitative estimate of drug-likeness (QED) is 0.0575. The molecule has 6 aliphatic heterocycles. The number of nitrogens with zero attached hydrogens (tertiary/aromatic N) is 7. The van der Waals surface area contributed by atoms with Crippen LogP contribution in [0.2, 0.25) is 0 Å². The maximum atomic E-state index is 14.5. The SMILES string of the molecule is C/C1=C2N=C(/C=C3N=C(/C(C)=C4/[C@@H](CCC(N)=O)[C@](C)(CC(N)=O)[C@](C)([C@@H]5N=C1[C@](C)(CCC(=O)NCC(C)OP(=O)([O-])O[C@H]1[C@@H](O)[C@@H](n6cnc7cc(C)c(C)cc76)O[C@@H]1CO)[C@H]5CC(N)=O)[N]4[Co+][C]#N)[C@@](C)(CC(N)=O)[C@@H]\3CCC(N)=O)C(C)(C)[C@@H]/2CCC(N)=O.CCO. The Morgan fingerprint density at radius 1 is 0.812 bits per heavy atom. The summed E-state index contributed by atoms with van der Waals surface area (Å²) >= 11 is 0.0230. The minimum atomic E-state index is -5.35. The number of carbonyl (C=O) groups is 7. The molecule has 0 radical (unpaired) electrons. The first-order chi connectivity index (χ1) is 44.7. The summed E-state index contributed by atoms with van der Waals surface area (Å²) in [7, 11) is -5.35. The molecule has 2 unspecified atom stereocenters. The van der Waals surface area contributed by atoms with E-state index in [1.54, 1.807) is 44.6 Å². The third-order valence-corrected chi connectivity index (χ3v) is 23.0. The van der Waals surface area contributed by atoms with Crippen LogP contribution in [0, 0.1) is 69.4 Å². The molecule has 16 N–H and O–H groups in total. The normalized spacial score (nSPS) is 32.7. The van der Waals surface area contributed by atoms with Crippen LogP contribution in [-0.4, -0.2) is 143 Å². The number of nitrogens with two attached hydrogens (primary N) is 6. The number of phosphoric acid groups is 1. The molecule has 96 heavy (non-hydrogen) atoms. The molecule has 15 atom stereocenters. The number of hydrogen-bond donors (Lipinski definition) is 10. The van der Waals surface area contributed by atoms with E-state index >= 15 is 0 Å². The maximum absolute atomic E-state index is 14.5. The van der Waals surface area contributed by atoms with E-state index in [9.17, 15) is 58.5 Å². The number of aliphatic imine (C=N–C) groups is 3. The number of imidazole rings is 1. The second-order valence-corrected chi connectivity index (χ2v) is 29.9. The van der Waals surface area contributed by atoms with E-state index < -0.39 is 143 Å². The van der Waals surface area contributed by atoms with Gasteiger partial charge in [-0.2, -0.15) is 0 Å². The van der Waals surface area contributed by atoms with Gasteiger partial charge in [0.05, 0.1) is 24.0 Å². The third kappa shape index (κ3) is 14.9. The van der Waals surface area contributed by atoms with Crippen molar-refractivity contribution in [1.82, 2.24) is 18.8 Å². The van der Waals surface area contributed by atoms with E-state index in [0.29, 0.717) is 56.4 Å². The number of fused-ring (bicyclic) bond motifs is 7. The molecule has 6 aliphatic rings. The van der Waals surface area contributed by atoms with Crippen molar-refractivity contribution >= 4 is 77.3 Å². The van der Waals surface area contributed by atoms with Crippen molar-refractivity contribution in [2.45, 2.75) is 196 Å². The molecule has 528 valence electrons. The number of aliphatic hydroxyl groups excluding tert-OH is 3. The Morgan fingerprint density at radius 3 is 1.96 bits per heavy atom. The molecule has 1 aromatic heterocycles. The van der Waals surface area contributed by atoms with E-state index in [0.717, 1.165) is 11.1 Å². The Kier molecular flexibility index (Phi) is 23.5. The van der Waals surface area contributed by atoms with Gasteiger partial charge in [0.25, 0.3) is 7.82 Å². The molecule has 7 amide bonds. The Labute approximate surface area is 565 Å². The number of primary amides is 6. The van der Waals surface area contributed by atoms with Crippen LogP contribution in [0.5, 0.6) is 0 Å². The van der Waals surface area contributed by atoms with Gasteiger partial charge in [-0.3, -0.25) is 4.57 Å². The fraction of sp³-hybridized carbons (Fsp3) is 0.631. The molecule has 2 saturated heterocycles. The molecule has 31 heteroatoms. The number of aromatic nitrogens is 2. The second-order valence-electron chi connectivity index (χ2n) is 27.6. The Morgan fingerprint density at radius 2 is 1.40 bits per heavy atom. The van der Waals surface area contributed by atoms with Crippen molar-refractivity contribution in [1.29, 1.82) is 5.26 Å².